The molecule has 1 aliphatic rings. The van der Waals surface area contributed by atoms with E-state index in [-0.39, 0.29) is 17.5 Å². The van der Waals surface area contributed by atoms with Crippen molar-refractivity contribution in [3.05, 3.63) is 39.4 Å². The zero-order valence-corrected chi connectivity index (χ0v) is 14.2. The van der Waals surface area contributed by atoms with Gasteiger partial charge in [-0.2, -0.15) is 0 Å². The van der Waals surface area contributed by atoms with Crippen molar-refractivity contribution in [1.29, 1.82) is 0 Å². The first-order chi connectivity index (χ1) is 11.3. The zero-order valence-electron chi connectivity index (χ0n) is 14.2. The number of aryl methyl sites for hydroxylation is 1. The highest BCUT2D eigenvalue weighted by molar-refractivity contribution is 5.94. The molecule has 0 aromatic heterocycles. The second-order valence-electron chi connectivity index (χ2n) is 6.11. The summed E-state index contributed by atoms with van der Waals surface area (Å²) in [6.45, 7) is 4.32. The van der Waals surface area contributed by atoms with E-state index in [1.165, 1.54) is 12.1 Å². The quantitative estimate of drug-likeness (QED) is 0.599. The molecule has 0 aliphatic carbocycles. The molecule has 0 N–H and O–H groups in total. The van der Waals surface area contributed by atoms with Crippen LogP contribution < -0.4 is 0 Å². The first-order valence-corrected chi connectivity index (χ1v) is 7.76. The minimum absolute atomic E-state index is 0.0126. The van der Waals surface area contributed by atoms with E-state index in [1.54, 1.807) is 36.9 Å². The van der Waals surface area contributed by atoms with Gasteiger partial charge >= 0.3 is 0 Å². The van der Waals surface area contributed by atoms with Crippen molar-refractivity contribution in [2.75, 3.05) is 46.8 Å². The third kappa shape index (κ3) is 4.08. The molecule has 24 heavy (non-hydrogen) atoms. The maximum Gasteiger partial charge on any atom is 0.272 e. The molecule has 0 unspecified atom stereocenters. The SMILES string of the molecule is Cc1cc(C(=O)N2CCN(CC(=O)N(C)C)CC2)ccc1[N+](=O)[O-]. The Morgan fingerprint density at radius 3 is 2.33 bits per heavy atom. The summed E-state index contributed by atoms with van der Waals surface area (Å²) in [7, 11) is 3.44. The summed E-state index contributed by atoms with van der Waals surface area (Å²) in [4.78, 5) is 39.9. The predicted molar refractivity (Wildman–Crippen MR) is 88.9 cm³/mol. The molecule has 2 rings (SSSR count). The van der Waals surface area contributed by atoms with Crippen LogP contribution in [0.25, 0.3) is 0 Å². The van der Waals surface area contributed by atoms with Gasteiger partial charge in [0.2, 0.25) is 5.91 Å². The number of carbonyl (C=O) groups excluding carboxylic acids is 2. The fourth-order valence-corrected chi connectivity index (χ4v) is 2.62. The Morgan fingerprint density at radius 1 is 1.21 bits per heavy atom. The van der Waals surface area contributed by atoms with Gasteiger partial charge in [0.25, 0.3) is 11.6 Å². The van der Waals surface area contributed by atoms with E-state index < -0.39 is 4.92 Å². The van der Waals surface area contributed by atoms with Crippen LogP contribution in [-0.2, 0) is 4.79 Å². The number of likely N-dealkylation sites (N-methyl/N-ethyl adjacent to an activating group) is 1. The molecule has 2 amide bonds. The van der Waals surface area contributed by atoms with Gasteiger partial charge < -0.3 is 9.80 Å². The number of amides is 2. The van der Waals surface area contributed by atoms with Gasteiger partial charge in [0.1, 0.15) is 0 Å². The number of rotatable bonds is 4. The highest BCUT2D eigenvalue weighted by Gasteiger charge is 2.24. The fraction of sp³-hybridized carbons (Fsp3) is 0.500. The summed E-state index contributed by atoms with van der Waals surface area (Å²) in [5.74, 6) is -0.0904. The number of nitrogens with zero attached hydrogens (tertiary/aromatic N) is 4. The standard InChI is InChI=1S/C16H22N4O4/c1-12-10-13(4-5-14(12)20(23)24)16(22)19-8-6-18(7-9-19)11-15(21)17(2)3/h4-5,10H,6-9,11H2,1-3H3. The number of carbonyl (C=O) groups is 2. The molecule has 8 nitrogen and oxygen atoms in total. The van der Waals surface area contributed by atoms with Crippen LogP contribution in [0.5, 0.6) is 0 Å². The summed E-state index contributed by atoms with van der Waals surface area (Å²) in [6, 6.07) is 4.42. The molecule has 130 valence electrons. The lowest BCUT2D eigenvalue weighted by molar-refractivity contribution is -0.385. The largest absolute Gasteiger partial charge is 0.348 e. The van der Waals surface area contributed by atoms with Gasteiger partial charge in [0.05, 0.1) is 11.5 Å². The maximum absolute atomic E-state index is 12.5. The van der Waals surface area contributed by atoms with Crippen molar-refractivity contribution >= 4 is 17.5 Å². The Balaban J connectivity index is 1.97. The minimum Gasteiger partial charge on any atom is -0.348 e. The molecule has 1 aliphatic heterocycles. The molecule has 8 heteroatoms. The Hall–Kier alpha value is -2.48. The van der Waals surface area contributed by atoms with Crippen molar-refractivity contribution in [2.45, 2.75) is 6.92 Å². The van der Waals surface area contributed by atoms with E-state index in [2.05, 4.69) is 0 Å². The van der Waals surface area contributed by atoms with Crippen LogP contribution in [0.1, 0.15) is 15.9 Å². The summed E-state index contributed by atoms with van der Waals surface area (Å²) in [6.07, 6.45) is 0. The van der Waals surface area contributed by atoms with Gasteiger partial charge in [-0.3, -0.25) is 24.6 Å². The van der Waals surface area contributed by atoms with Gasteiger partial charge in [0.15, 0.2) is 0 Å². The van der Waals surface area contributed by atoms with Crippen LogP contribution in [-0.4, -0.2) is 78.3 Å². The third-order valence-corrected chi connectivity index (χ3v) is 4.16. The van der Waals surface area contributed by atoms with Crippen LogP contribution in [0, 0.1) is 17.0 Å². The maximum atomic E-state index is 12.5. The number of piperazine rings is 1. The Morgan fingerprint density at radius 2 is 1.83 bits per heavy atom. The normalized spacial score (nSPS) is 15.2. The molecule has 0 saturated carbocycles. The summed E-state index contributed by atoms with van der Waals surface area (Å²) >= 11 is 0. The number of hydrogen-bond donors (Lipinski definition) is 0. The van der Waals surface area contributed by atoms with E-state index >= 15 is 0 Å². The number of nitro benzene ring substituents is 1. The van der Waals surface area contributed by atoms with Crippen LogP contribution in [0.15, 0.2) is 18.2 Å². The molecule has 1 fully saturated rings. The van der Waals surface area contributed by atoms with Crippen molar-refractivity contribution in [3.8, 4) is 0 Å². The lowest BCUT2D eigenvalue weighted by Gasteiger charge is -2.34. The van der Waals surface area contributed by atoms with Crippen molar-refractivity contribution in [2.24, 2.45) is 0 Å². The van der Waals surface area contributed by atoms with Gasteiger partial charge in [0, 0.05) is 57.5 Å². The zero-order chi connectivity index (χ0) is 17.9. The first-order valence-electron chi connectivity index (χ1n) is 7.76. The number of hydrogen-bond acceptors (Lipinski definition) is 5. The van der Waals surface area contributed by atoms with E-state index in [9.17, 15) is 19.7 Å². The van der Waals surface area contributed by atoms with Crippen LogP contribution in [0.3, 0.4) is 0 Å². The fourth-order valence-electron chi connectivity index (χ4n) is 2.62. The monoisotopic (exact) mass is 334 g/mol. The van der Waals surface area contributed by atoms with E-state index in [0.29, 0.717) is 43.9 Å². The smallest absolute Gasteiger partial charge is 0.272 e. The molecule has 1 heterocycles. The summed E-state index contributed by atoms with van der Waals surface area (Å²) in [5.41, 5.74) is 0.940. The van der Waals surface area contributed by atoms with E-state index in [0.717, 1.165) is 0 Å². The predicted octanol–water partition coefficient (Wildman–Crippen LogP) is 0.749. The first kappa shape index (κ1) is 17.9. The lowest BCUT2D eigenvalue weighted by Crippen LogP contribution is -2.51. The van der Waals surface area contributed by atoms with Gasteiger partial charge in [-0.1, -0.05) is 0 Å². The average molecular weight is 334 g/mol. The van der Waals surface area contributed by atoms with Gasteiger partial charge in [-0.15, -0.1) is 0 Å². The third-order valence-electron chi connectivity index (χ3n) is 4.16. The lowest BCUT2D eigenvalue weighted by atomic mass is 10.1. The number of benzene rings is 1. The molecule has 1 aromatic rings. The molecule has 0 spiro atoms. The molecule has 1 saturated heterocycles. The van der Waals surface area contributed by atoms with Crippen molar-refractivity contribution in [1.82, 2.24) is 14.7 Å². The highest BCUT2D eigenvalue weighted by Crippen LogP contribution is 2.20. The van der Waals surface area contributed by atoms with Crippen molar-refractivity contribution in [3.63, 3.8) is 0 Å². The molecular formula is C16H22N4O4. The minimum atomic E-state index is -0.454. The highest BCUT2D eigenvalue weighted by atomic mass is 16.6. The second kappa shape index (κ2) is 7.39. The average Bonchev–Trinajstić information content (AvgIpc) is 2.54. The van der Waals surface area contributed by atoms with Gasteiger partial charge in [-0.25, -0.2) is 0 Å². The molecule has 0 bridgehead atoms. The molecule has 0 radical (unpaired) electrons. The Kier molecular flexibility index (Phi) is 5.50. The van der Waals surface area contributed by atoms with Crippen LogP contribution in [0.4, 0.5) is 5.69 Å². The van der Waals surface area contributed by atoms with Crippen LogP contribution >= 0.6 is 0 Å². The second-order valence-corrected chi connectivity index (χ2v) is 6.11. The summed E-state index contributed by atoms with van der Waals surface area (Å²) in [5, 5.41) is 10.9. The topological polar surface area (TPSA) is 87.0 Å². The van der Waals surface area contributed by atoms with Crippen molar-refractivity contribution < 1.29 is 14.5 Å². The number of nitro groups is 1. The Bertz CT molecular complexity index is 651. The van der Waals surface area contributed by atoms with E-state index in [1.807, 2.05) is 4.90 Å². The molecule has 1 aromatic carbocycles. The summed E-state index contributed by atoms with van der Waals surface area (Å²) < 4.78 is 0. The Labute approximate surface area is 140 Å². The van der Waals surface area contributed by atoms with E-state index in [4.69, 9.17) is 0 Å². The molecule has 0 atom stereocenters. The van der Waals surface area contributed by atoms with Crippen LogP contribution in [0.2, 0.25) is 0 Å². The van der Waals surface area contributed by atoms with Gasteiger partial charge in [-0.05, 0) is 19.1 Å². The molecular weight excluding hydrogens is 312 g/mol.